The molecule has 4 aromatic rings. The number of pyridine rings is 1. The van der Waals surface area contributed by atoms with Crippen LogP contribution in [-0.4, -0.2) is 34.7 Å². The number of nitrogens with zero attached hydrogens (tertiary/aromatic N) is 2. The van der Waals surface area contributed by atoms with Crippen LogP contribution in [0, 0.1) is 23.7 Å². The number of allylic oxidation sites excluding steroid dienone is 2. The molecule has 8 heteroatoms. The van der Waals surface area contributed by atoms with Gasteiger partial charge in [0.2, 0.25) is 17.6 Å². The molecule has 1 aromatic heterocycles. The fourth-order valence-electron chi connectivity index (χ4n) is 7.37. The molecule has 2 aliphatic carbocycles. The number of halogens is 1. The van der Waals surface area contributed by atoms with Crippen LogP contribution in [0.2, 0.25) is 0 Å². The standard InChI is InChI=1S/C38H33BrN2O5/c1-3-8-31(35(42)23-9-6-5-7-10-23)46-38(45)29-20-30(40-34-21(4-2)18-26(39)19-28(29)34)22-13-15-27(16-14-22)41-36(43)32-24-11-12-25(17-24)33(32)37(41)44/h5-7,9-16,18-20,24-25,31-33H,3-4,8,17H2,1-2H3. The monoisotopic (exact) mass is 676 g/mol. The molecule has 2 fully saturated rings. The number of aryl methyl sites for hydroxylation is 1. The first-order valence-corrected chi connectivity index (χ1v) is 16.7. The van der Waals surface area contributed by atoms with Crippen LogP contribution >= 0.6 is 15.9 Å². The number of amides is 2. The van der Waals surface area contributed by atoms with Crippen molar-refractivity contribution in [2.45, 2.75) is 45.6 Å². The number of carbonyl (C=O) groups excluding carboxylic acids is 4. The lowest BCUT2D eigenvalue weighted by atomic mass is 9.85. The normalized spacial score (nSPS) is 22.0. The Morgan fingerprint density at radius 3 is 2.24 bits per heavy atom. The van der Waals surface area contributed by atoms with E-state index in [0.717, 1.165) is 22.0 Å². The summed E-state index contributed by atoms with van der Waals surface area (Å²) in [5.41, 5.74) is 4.22. The summed E-state index contributed by atoms with van der Waals surface area (Å²) in [6.45, 7) is 3.98. The molecular weight excluding hydrogens is 644 g/mol. The molecule has 3 aliphatic rings. The summed E-state index contributed by atoms with van der Waals surface area (Å²) in [5.74, 6) is -1.34. The van der Waals surface area contributed by atoms with Gasteiger partial charge in [-0.05, 0) is 67.0 Å². The van der Waals surface area contributed by atoms with E-state index in [9.17, 15) is 19.2 Å². The fraction of sp³-hybridized carbons (Fsp3) is 0.289. The van der Waals surface area contributed by atoms with Gasteiger partial charge in [-0.25, -0.2) is 9.78 Å². The second kappa shape index (κ2) is 12.1. The highest BCUT2D eigenvalue weighted by atomic mass is 79.9. The smallest absolute Gasteiger partial charge is 0.339 e. The predicted molar refractivity (Wildman–Crippen MR) is 179 cm³/mol. The largest absolute Gasteiger partial charge is 0.450 e. The quantitative estimate of drug-likeness (QED) is 0.0779. The van der Waals surface area contributed by atoms with E-state index >= 15 is 0 Å². The fourth-order valence-corrected chi connectivity index (χ4v) is 7.88. The van der Waals surface area contributed by atoms with Crippen molar-refractivity contribution < 1.29 is 23.9 Å². The molecule has 0 radical (unpaired) electrons. The summed E-state index contributed by atoms with van der Waals surface area (Å²) < 4.78 is 6.76. The molecule has 0 N–H and O–H groups in total. The predicted octanol–water partition coefficient (Wildman–Crippen LogP) is 7.75. The van der Waals surface area contributed by atoms with Gasteiger partial charge in [-0.15, -0.1) is 0 Å². The lowest BCUT2D eigenvalue weighted by Gasteiger charge is -2.19. The number of hydrogen-bond acceptors (Lipinski definition) is 6. The Balaban J connectivity index is 1.24. The molecule has 2 amide bonds. The Morgan fingerprint density at radius 1 is 0.935 bits per heavy atom. The number of imide groups is 1. The Kier molecular flexibility index (Phi) is 7.93. The average Bonchev–Trinajstić information content (AvgIpc) is 3.77. The second-order valence-corrected chi connectivity index (χ2v) is 13.3. The number of carbonyl (C=O) groups is 4. The van der Waals surface area contributed by atoms with Crippen molar-refractivity contribution in [2.24, 2.45) is 23.7 Å². The van der Waals surface area contributed by atoms with E-state index in [1.165, 1.54) is 4.90 Å². The van der Waals surface area contributed by atoms with E-state index < -0.39 is 12.1 Å². The molecule has 2 bridgehead atoms. The van der Waals surface area contributed by atoms with Crippen molar-refractivity contribution in [3.8, 4) is 11.3 Å². The van der Waals surface area contributed by atoms with E-state index in [2.05, 4.69) is 28.1 Å². The number of hydrogen-bond donors (Lipinski definition) is 0. The molecule has 3 aromatic carbocycles. The zero-order chi connectivity index (χ0) is 32.1. The number of rotatable bonds is 9. The minimum absolute atomic E-state index is 0.127. The minimum Gasteiger partial charge on any atom is -0.450 e. The summed E-state index contributed by atoms with van der Waals surface area (Å²) in [7, 11) is 0. The number of fused-ring (bicyclic) bond motifs is 6. The van der Waals surface area contributed by atoms with Crippen molar-refractivity contribution in [3.63, 3.8) is 0 Å². The van der Waals surface area contributed by atoms with Crippen LogP contribution in [0.15, 0.2) is 89.4 Å². The number of esters is 1. The summed E-state index contributed by atoms with van der Waals surface area (Å²) in [6, 6.07) is 21.6. The van der Waals surface area contributed by atoms with Crippen molar-refractivity contribution in [2.75, 3.05) is 4.90 Å². The highest BCUT2D eigenvalue weighted by Gasteiger charge is 2.59. The molecule has 1 aliphatic heterocycles. The lowest BCUT2D eigenvalue weighted by molar-refractivity contribution is -0.123. The molecular formula is C38H33BrN2O5. The number of aromatic nitrogens is 1. The molecule has 7 nitrogen and oxygen atoms in total. The highest BCUT2D eigenvalue weighted by Crippen LogP contribution is 2.53. The number of ether oxygens (including phenoxy) is 1. The van der Waals surface area contributed by atoms with Gasteiger partial charge < -0.3 is 4.74 Å². The Morgan fingerprint density at radius 2 is 1.61 bits per heavy atom. The number of benzene rings is 3. The van der Waals surface area contributed by atoms with Crippen LogP contribution in [0.3, 0.4) is 0 Å². The first-order valence-electron chi connectivity index (χ1n) is 15.9. The van der Waals surface area contributed by atoms with Gasteiger partial charge in [-0.1, -0.05) is 90.8 Å². The van der Waals surface area contributed by atoms with Crippen LogP contribution < -0.4 is 4.90 Å². The third-order valence-electron chi connectivity index (χ3n) is 9.60. The second-order valence-electron chi connectivity index (χ2n) is 12.3. The van der Waals surface area contributed by atoms with Crippen LogP contribution in [0.5, 0.6) is 0 Å². The minimum atomic E-state index is -0.927. The summed E-state index contributed by atoms with van der Waals surface area (Å²) in [5, 5.41) is 0.627. The molecule has 46 heavy (non-hydrogen) atoms. The third-order valence-corrected chi connectivity index (χ3v) is 10.1. The molecule has 5 unspecified atom stereocenters. The van der Waals surface area contributed by atoms with E-state index in [1.54, 1.807) is 42.5 Å². The van der Waals surface area contributed by atoms with Gasteiger partial charge in [0.25, 0.3) is 0 Å². The van der Waals surface area contributed by atoms with E-state index in [4.69, 9.17) is 9.72 Å². The van der Waals surface area contributed by atoms with Crippen LogP contribution in [0.25, 0.3) is 22.2 Å². The molecule has 1 saturated carbocycles. The molecule has 7 rings (SSSR count). The van der Waals surface area contributed by atoms with E-state index in [1.807, 2.05) is 44.2 Å². The van der Waals surface area contributed by atoms with Gasteiger partial charge in [0.15, 0.2) is 6.10 Å². The maximum absolute atomic E-state index is 13.9. The molecule has 2 heterocycles. The van der Waals surface area contributed by atoms with Crippen molar-refractivity contribution in [3.05, 3.63) is 106 Å². The SMILES string of the molecule is CCCC(OC(=O)c1cc(-c2ccc(N3C(=O)C4C5C=CC(C5)C4C3=O)cc2)nc2c(CC)cc(Br)cc12)C(=O)c1ccccc1. The van der Waals surface area contributed by atoms with Gasteiger partial charge in [0.05, 0.1) is 34.3 Å². The summed E-state index contributed by atoms with van der Waals surface area (Å²) >= 11 is 3.58. The summed E-state index contributed by atoms with van der Waals surface area (Å²) in [6.07, 6.45) is 5.87. The molecule has 1 saturated heterocycles. The van der Waals surface area contributed by atoms with Crippen molar-refractivity contribution in [1.82, 2.24) is 4.98 Å². The number of ketones is 1. The Labute approximate surface area is 275 Å². The highest BCUT2D eigenvalue weighted by molar-refractivity contribution is 9.10. The topological polar surface area (TPSA) is 93.6 Å². The van der Waals surface area contributed by atoms with E-state index in [0.29, 0.717) is 52.7 Å². The van der Waals surface area contributed by atoms with Gasteiger partial charge in [-0.3, -0.25) is 19.3 Å². The van der Waals surface area contributed by atoms with Gasteiger partial charge in [0, 0.05) is 21.0 Å². The Bertz CT molecular complexity index is 1890. The maximum Gasteiger partial charge on any atom is 0.339 e. The van der Waals surface area contributed by atoms with Crippen LogP contribution in [0.4, 0.5) is 5.69 Å². The van der Waals surface area contributed by atoms with Crippen LogP contribution in [-0.2, 0) is 20.7 Å². The van der Waals surface area contributed by atoms with Gasteiger partial charge in [0.1, 0.15) is 0 Å². The summed E-state index contributed by atoms with van der Waals surface area (Å²) in [4.78, 5) is 60.3. The van der Waals surface area contributed by atoms with Crippen LogP contribution in [0.1, 0.15) is 59.4 Å². The molecule has 0 spiro atoms. The number of Topliss-reactive ketones (excluding diaryl/α,β-unsaturated/α-hetero) is 1. The van der Waals surface area contributed by atoms with Crippen molar-refractivity contribution in [1.29, 1.82) is 0 Å². The first-order chi connectivity index (χ1) is 22.3. The zero-order valence-corrected chi connectivity index (χ0v) is 27.2. The third kappa shape index (κ3) is 5.09. The Hall–Kier alpha value is -4.43. The van der Waals surface area contributed by atoms with Gasteiger partial charge in [-0.2, -0.15) is 0 Å². The first kappa shape index (κ1) is 30.2. The molecule has 232 valence electrons. The number of anilines is 1. The average molecular weight is 678 g/mol. The zero-order valence-electron chi connectivity index (χ0n) is 25.6. The van der Waals surface area contributed by atoms with E-state index in [-0.39, 0.29) is 41.3 Å². The lowest BCUT2D eigenvalue weighted by Crippen LogP contribution is -2.32. The maximum atomic E-state index is 13.9. The molecule has 5 atom stereocenters. The van der Waals surface area contributed by atoms with Gasteiger partial charge >= 0.3 is 5.97 Å². The van der Waals surface area contributed by atoms with Crippen molar-refractivity contribution >= 4 is 56.1 Å².